The first kappa shape index (κ1) is 12.0. The zero-order chi connectivity index (χ0) is 11.1. The summed E-state index contributed by atoms with van der Waals surface area (Å²) in [6, 6.07) is 2.57. The normalized spacial score (nSPS) is 15.0. The van der Waals surface area contributed by atoms with E-state index in [2.05, 4.69) is 11.4 Å². The van der Waals surface area contributed by atoms with Gasteiger partial charge in [0.25, 0.3) is 0 Å². The summed E-state index contributed by atoms with van der Waals surface area (Å²) in [6.45, 7) is 1.27. The van der Waals surface area contributed by atoms with Gasteiger partial charge in [0.05, 0.1) is 19.2 Å². The number of carbonyl (C=O) groups excluding carboxylic acids is 1. The quantitative estimate of drug-likeness (QED) is 0.593. The van der Waals surface area contributed by atoms with Crippen LogP contribution in [0.3, 0.4) is 0 Å². The molecule has 0 heterocycles. The molecule has 5 heteroatoms. The smallest absolute Gasteiger partial charge is 0.234 e. The molecule has 0 aromatic carbocycles. The summed E-state index contributed by atoms with van der Waals surface area (Å²) >= 11 is 0. The van der Waals surface area contributed by atoms with Crippen LogP contribution in [0.1, 0.15) is 19.3 Å². The molecular weight excluding hydrogens is 194 g/mol. The molecule has 1 saturated carbocycles. The summed E-state index contributed by atoms with van der Waals surface area (Å²) in [5, 5.41) is 19.6. The van der Waals surface area contributed by atoms with Crippen LogP contribution in [0.5, 0.6) is 0 Å². The number of nitriles is 1. The molecule has 15 heavy (non-hydrogen) atoms. The Kier molecular flexibility index (Phi) is 5.08. The number of nitrogens with one attached hydrogen (secondary N) is 1. The number of hydrogen-bond acceptors (Lipinski definition) is 4. The van der Waals surface area contributed by atoms with Crippen molar-refractivity contribution in [3.05, 3.63) is 0 Å². The van der Waals surface area contributed by atoms with Crippen LogP contribution in [-0.4, -0.2) is 48.2 Å². The first-order chi connectivity index (χ1) is 7.27. The molecule has 1 aliphatic carbocycles. The van der Waals surface area contributed by atoms with Crippen molar-refractivity contribution in [1.29, 1.82) is 5.26 Å². The van der Waals surface area contributed by atoms with Gasteiger partial charge in [-0.1, -0.05) is 0 Å². The molecule has 2 N–H and O–H groups in total. The molecule has 1 aliphatic rings. The van der Waals surface area contributed by atoms with Crippen LogP contribution in [0.15, 0.2) is 0 Å². The molecule has 0 saturated heterocycles. The minimum absolute atomic E-state index is 0.0344. The van der Waals surface area contributed by atoms with Gasteiger partial charge < -0.3 is 10.4 Å². The van der Waals surface area contributed by atoms with E-state index in [0.717, 1.165) is 12.8 Å². The Morgan fingerprint density at radius 3 is 2.87 bits per heavy atom. The van der Waals surface area contributed by atoms with Crippen molar-refractivity contribution in [1.82, 2.24) is 10.2 Å². The van der Waals surface area contributed by atoms with Gasteiger partial charge in [-0.05, 0) is 12.8 Å². The van der Waals surface area contributed by atoms with Gasteiger partial charge in [-0.2, -0.15) is 5.26 Å². The van der Waals surface area contributed by atoms with Crippen molar-refractivity contribution in [2.45, 2.75) is 25.3 Å². The number of aliphatic hydroxyl groups excluding tert-OH is 1. The second-order valence-corrected chi connectivity index (χ2v) is 3.68. The van der Waals surface area contributed by atoms with E-state index < -0.39 is 0 Å². The standard InChI is InChI=1S/C10H17N3O2/c11-4-1-6-13(9-2-3-9)8-10(15)12-5-7-14/h9,14H,1-3,5-8H2,(H,12,15). The van der Waals surface area contributed by atoms with Crippen molar-refractivity contribution in [3.8, 4) is 6.07 Å². The maximum absolute atomic E-state index is 11.4. The number of amides is 1. The molecule has 1 amide bonds. The summed E-state index contributed by atoms with van der Waals surface area (Å²) in [5.74, 6) is -0.0751. The van der Waals surface area contributed by atoms with Gasteiger partial charge in [-0.15, -0.1) is 0 Å². The number of hydrogen-bond donors (Lipinski definition) is 2. The lowest BCUT2D eigenvalue weighted by molar-refractivity contribution is -0.122. The molecule has 5 nitrogen and oxygen atoms in total. The molecule has 0 aromatic heterocycles. The average molecular weight is 211 g/mol. The van der Waals surface area contributed by atoms with Gasteiger partial charge in [0, 0.05) is 25.6 Å². The van der Waals surface area contributed by atoms with Gasteiger partial charge in [-0.25, -0.2) is 0 Å². The Morgan fingerprint density at radius 2 is 2.33 bits per heavy atom. The summed E-state index contributed by atoms with van der Waals surface area (Å²) in [4.78, 5) is 13.4. The predicted octanol–water partition coefficient (Wildman–Crippen LogP) is -0.527. The van der Waals surface area contributed by atoms with E-state index in [1.165, 1.54) is 0 Å². The Labute approximate surface area is 89.7 Å². The van der Waals surface area contributed by atoms with Gasteiger partial charge >= 0.3 is 0 Å². The first-order valence-corrected chi connectivity index (χ1v) is 5.26. The monoisotopic (exact) mass is 211 g/mol. The lowest BCUT2D eigenvalue weighted by Gasteiger charge is -2.19. The Morgan fingerprint density at radius 1 is 1.60 bits per heavy atom. The van der Waals surface area contributed by atoms with Crippen LogP contribution in [0.2, 0.25) is 0 Å². The third-order valence-electron chi connectivity index (χ3n) is 2.35. The third kappa shape index (κ3) is 4.77. The van der Waals surface area contributed by atoms with E-state index in [-0.39, 0.29) is 12.5 Å². The Balaban J connectivity index is 2.24. The molecule has 0 spiro atoms. The minimum atomic E-state index is -0.0751. The summed E-state index contributed by atoms with van der Waals surface area (Å²) in [7, 11) is 0. The number of nitrogens with zero attached hydrogens (tertiary/aromatic N) is 2. The van der Waals surface area contributed by atoms with E-state index in [4.69, 9.17) is 10.4 Å². The molecule has 0 atom stereocenters. The van der Waals surface area contributed by atoms with Crippen molar-refractivity contribution < 1.29 is 9.90 Å². The van der Waals surface area contributed by atoms with E-state index in [1.54, 1.807) is 0 Å². The molecule has 0 unspecified atom stereocenters. The SMILES string of the molecule is N#CCCN(CC(=O)NCCO)C1CC1. The van der Waals surface area contributed by atoms with Crippen molar-refractivity contribution in [2.24, 2.45) is 0 Å². The average Bonchev–Trinajstić information content (AvgIpc) is 3.04. The predicted molar refractivity (Wildman–Crippen MR) is 54.9 cm³/mol. The van der Waals surface area contributed by atoms with Crippen LogP contribution in [0, 0.1) is 11.3 Å². The molecular formula is C10H17N3O2. The van der Waals surface area contributed by atoms with E-state index in [1.807, 2.05) is 4.90 Å². The maximum atomic E-state index is 11.4. The zero-order valence-corrected chi connectivity index (χ0v) is 8.78. The van der Waals surface area contributed by atoms with Gasteiger partial charge in [0.2, 0.25) is 5.91 Å². The summed E-state index contributed by atoms with van der Waals surface area (Å²) < 4.78 is 0. The molecule has 0 aliphatic heterocycles. The van der Waals surface area contributed by atoms with Crippen LogP contribution in [0.25, 0.3) is 0 Å². The molecule has 0 aromatic rings. The topological polar surface area (TPSA) is 76.4 Å². The molecule has 1 rings (SSSR count). The lowest BCUT2D eigenvalue weighted by atomic mass is 10.3. The fourth-order valence-corrected chi connectivity index (χ4v) is 1.46. The molecule has 1 fully saturated rings. The fourth-order valence-electron chi connectivity index (χ4n) is 1.46. The van der Waals surface area contributed by atoms with E-state index in [9.17, 15) is 4.79 Å². The van der Waals surface area contributed by atoms with E-state index >= 15 is 0 Å². The summed E-state index contributed by atoms with van der Waals surface area (Å²) in [6.07, 6.45) is 2.71. The van der Waals surface area contributed by atoms with Gasteiger partial charge in [0.15, 0.2) is 0 Å². The van der Waals surface area contributed by atoms with Crippen LogP contribution < -0.4 is 5.32 Å². The zero-order valence-electron chi connectivity index (χ0n) is 8.78. The second kappa shape index (κ2) is 6.38. The fraction of sp³-hybridized carbons (Fsp3) is 0.800. The number of rotatable bonds is 7. The number of aliphatic hydroxyl groups is 1. The lowest BCUT2D eigenvalue weighted by Crippen LogP contribution is -2.39. The molecule has 0 radical (unpaired) electrons. The Hall–Kier alpha value is -1.12. The van der Waals surface area contributed by atoms with Crippen LogP contribution in [0.4, 0.5) is 0 Å². The van der Waals surface area contributed by atoms with E-state index in [0.29, 0.717) is 32.1 Å². The molecule has 84 valence electrons. The van der Waals surface area contributed by atoms with Crippen molar-refractivity contribution in [2.75, 3.05) is 26.2 Å². The highest BCUT2D eigenvalue weighted by Gasteiger charge is 2.29. The summed E-state index contributed by atoms with van der Waals surface area (Å²) in [5.41, 5.74) is 0. The van der Waals surface area contributed by atoms with Crippen molar-refractivity contribution >= 4 is 5.91 Å². The van der Waals surface area contributed by atoms with Gasteiger partial charge in [0.1, 0.15) is 0 Å². The number of carbonyl (C=O) groups is 1. The van der Waals surface area contributed by atoms with Gasteiger partial charge in [-0.3, -0.25) is 9.69 Å². The Bertz CT molecular complexity index is 246. The van der Waals surface area contributed by atoms with Crippen LogP contribution >= 0.6 is 0 Å². The third-order valence-corrected chi connectivity index (χ3v) is 2.35. The highest BCUT2D eigenvalue weighted by molar-refractivity contribution is 5.78. The second-order valence-electron chi connectivity index (χ2n) is 3.68. The largest absolute Gasteiger partial charge is 0.395 e. The maximum Gasteiger partial charge on any atom is 0.234 e. The van der Waals surface area contributed by atoms with Crippen molar-refractivity contribution in [3.63, 3.8) is 0 Å². The molecule has 0 bridgehead atoms. The highest BCUT2D eigenvalue weighted by atomic mass is 16.3. The minimum Gasteiger partial charge on any atom is -0.395 e. The first-order valence-electron chi connectivity index (χ1n) is 5.26. The highest BCUT2D eigenvalue weighted by Crippen LogP contribution is 2.26. The van der Waals surface area contributed by atoms with Crippen LogP contribution in [-0.2, 0) is 4.79 Å².